The molecule has 0 bridgehead atoms. The number of aliphatic hydroxyl groups excluding tert-OH is 1. The molecule has 0 aliphatic rings. The van der Waals surface area contributed by atoms with E-state index in [0.29, 0.717) is 19.3 Å². The van der Waals surface area contributed by atoms with Gasteiger partial charge >= 0.3 is 12.3 Å². The number of hydrogen-bond acceptors (Lipinski definition) is 2. The van der Waals surface area contributed by atoms with Crippen molar-refractivity contribution in [2.24, 2.45) is 0 Å². The molecule has 1 unspecified atom stereocenters. The molecular weight excluding hydrogens is 216 g/mol. The molecule has 0 rings (SSSR count). The summed E-state index contributed by atoms with van der Waals surface area (Å²) in [5.74, 6) is -4.07. The zero-order chi connectivity index (χ0) is 11.9. The van der Waals surface area contributed by atoms with Crippen LogP contribution in [0.2, 0.25) is 0 Å². The van der Waals surface area contributed by atoms with Gasteiger partial charge in [0.05, 0.1) is 6.10 Å². The minimum Gasteiger partial charge on any atom is -0.393 e. The van der Waals surface area contributed by atoms with E-state index >= 15 is 0 Å². The van der Waals surface area contributed by atoms with Crippen LogP contribution in [0.1, 0.15) is 26.2 Å². The van der Waals surface area contributed by atoms with Gasteiger partial charge in [0.15, 0.2) is 0 Å². The number of ether oxygens (including phenoxy) is 1. The molecule has 0 aliphatic heterocycles. The summed E-state index contributed by atoms with van der Waals surface area (Å²) >= 11 is 0. The molecule has 0 saturated carbocycles. The Morgan fingerprint density at radius 2 is 1.87 bits per heavy atom. The first kappa shape index (κ1) is 14.6. The Hall–Kier alpha value is -0.360. The average molecular weight is 232 g/mol. The molecule has 6 heteroatoms. The number of rotatable bonds is 8. The molecule has 0 spiro atoms. The Morgan fingerprint density at radius 1 is 1.27 bits per heavy atom. The molecule has 1 N–H and O–H groups in total. The highest BCUT2D eigenvalue weighted by molar-refractivity contribution is 4.67. The molecular formula is C9H16F4O2. The summed E-state index contributed by atoms with van der Waals surface area (Å²) in [4.78, 5) is 0. The Balaban J connectivity index is 3.39. The van der Waals surface area contributed by atoms with E-state index in [2.05, 4.69) is 4.74 Å². The lowest BCUT2D eigenvalue weighted by Crippen LogP contribution is -2.32. The van der Waals surface area contributed by atoms with Gasteiger partial charge in [-0.3, -0.25) is 0 Å². The van der Waals surface area contributed by atoms with Crippen LogP contribution in [0.5, 0.6) is 0 Å². The lowest BCUT2D eigenvalue weighted by atomic mass is 10.2. The second-order valence-corrected chi connectivity index (χ2v) is 3.46. The van der Waals surface area contributed by atoms with Crippen molar-refractivity contribution in [1.29, 1.82) is 0 Å². The number of hydrogen-bond donors (Lipinski definition) is 1. The molecule has 0 aromatic rings. The van der Waals surface area contributed by atoms with Gasteiger partial charge in [-0.2, -0.15) is 8.78 Å². The summed E-state index contributed by atoms with van der Waals surface area (Å²) in [7, 11) is 0. The highest BCUT2D eigenvalue weighted by atomic mass is 19.3. The van der Waals surface area contributed by atoms with Gasteiger partial charge in [0, 0.05) is 6.61 Å². The van der Waals surface area contributed by atoms with Crippen LogP contribution in [0.25, 0.3) is 0 Å². The molecule has 92 valence electrons. The van der Waals surface area contributed by atoms with Gasteiger partial charge in [0.25, 0.3) is 0 Å². The van der Waals surface area contributed by atoms with Gasteiger partial charge in [-0.05, 0) is 26.2 Å². The lowest BCUT2D eigenvalue weighted by Gasteiger charge is -2.15. The zero-order valence-electron chi connectivity index (χ0n) is 8.56. The predicted octanol–water partition coefficient (Wildman–Crippen LogP) is 2.45. The summed E-state index contributed by atoms with van der Waals surface area (Å²) in [6.45, 7) is 0.375. The van der Waals surface area contributed by atoms with E-state index in [0.717, 1.165) is 0 Å². The second kappa shape index (κ2) is 7.00. The summed E-state index contributed by atoms with van der Waals surface area (Å²) in [6, 6.07) is 0. The van der Waals surface area contributed by atoms with E-state index < -0.39 is 25.1 Å². The van der Waals surface area contributed by atoms with Crippen molar-refractivity contribution < 1.29 is 27.4 Å². The smallest absolute Gasteiger partial charge is 0.330 e. The Morgan fingerprint density at radius 3 is 2.33 bits per heavy atom. The zero-order valence-corrected chi connectivity index (χ0v) is 8.56. The number of aliphatic hydroxyl groups is 1. The molecule has 0 amide bonds. The third-order valence-corrected chi connectivity index (χ3v) is 1.77. The highest BCUT2D eigenvalue weighted by Gasteiger charge is 2.40. The molecule has 2 nitrogen and oxygen atoms in total. The quantitative estimate of drug-likeness (QED) is 0.514. The Bertz CT molecular complexity index is 162. The fourth-order valence-electron chi connectivity index (χ4n) is 0.915. The Labute approximate surface area is 86.2 Å². The predicted molar refractivity (Wildman–Crippen MR) is 47.3 cm³/mol. The summed E-state index contributed by atoms with van der Waals surface area (Å²) in [5, 5.41) is 8.85. The molecule has 0 heterocycles. The maximum atomic E-state index is 12.3. The fraction of sp³-hybridized carbons (Fsp3) is 1.00. The SMILES string of the molecule is CC(O)CCCCOCC(F)(F)C(F)F. The van der Waals surface area contributed by atoms with Crippen LogP contribution in [0.4, 0.5) is 17.6 Å². The van der Waals surface area contributed by atoms with Crippen molar-refractivity contribution in [2.75, 3.05) is 13.2 Å². The highest BCUT2D eigenvalue weighted by Crippen LogP contribution is 2.22. The third kappa shape index (κ3) is 7.56. The molecule has 15 heavy (non-hydrogen) atoms. The minimum absolute atomic E-state index is 0.00896. The van der Waals surface area contributed by atoms with E-state index in [9.17, 15) is 17.6 Å². The topological polar surface area (TPSA) is 29.5 Å². The van der Waals surface area contributed by atoms with Crippen LogP contribution in [-0.2, 0) is 4.74 Å². The van der Waals surface area contributed by atoms with Crippen molar-refractivity contribution in [3.05, 3.63) is 0 Å². The van der Waals surface area contributed by atoms with Crippen molar-refractivity contribution in [3.8, 4) is 0 Å². The summed E-state index contributed by atoms with van der Waals surface area (Å²) < 4.78 is 52.2. The van der Waals surface area contributed by atoms with Gasteiger partial charge in [0.1, 0.15) is 6.61 Å². The van der Waals surface area contributed by atoms with Crippen molar-refractivity contribution in [1.82, 2.24) is 0 Å². The second-order valence-electron chi connectivity index (χ2n) is 3.46. The van der Waals surface area contributed by atoms with Crippen LogP contribution in [0, 0.1) is 0 Å². The van der Waals surface area contributed by atoms with E-state index in [4.69, 9.17) is 5.11 Å². The van der Waals surface area contributed by atoms with Crippen molar-refractivity contribution in [2.45, 2.75) is 44.6 Å². The van der Waals surface area contributed by atoms with Gasteiger partial charge in [-0.25, -0.2) is 8.78 Å². The molecule has 0 saturated heterocycles. The van der Waals surface area contributed by atoms with Crippen LogP contribution < -0.4 is 0 Å². The van der Waals surface area contributed by atoms with E-state index in [-0.39, 0.29) is 6.61 Å². The number of alkyl halides is 4. The molecule has 0 aliphatic carbocycles. The van der Waals surface area contributed by atoms with Crippen LogP contribution in [0.15, 0.2) is 0 Å². The van der Waals surface area contributed by atoms with E-state index in [1.807, 2.05) is 0 Å². The average Bonchev–Trinajstić information content (AvgIpc) is 2.10. The molecule has 1 atom stereocenters. The summed E-state index contributed by atoms with van der Waals surface area (Å²) in [6.07, 6.45) is -2.47. The van der Waals surface area contributed by atoms with Gasteiger partial charge < -0.3 is 9.84 Å². The largest absolute Gasteiger partial charge is 0.393 e. The molecule has 0 fully saturated rings. The third-order valence-electron chi connectivity index (χ3n) is 1.77. The maximum absolute atomic E-state index is 12.3. The standard InChI is InChI=1S/C9H16F4O2/c1-7(14)4-2-3-5-15-6-9(12,13)8(10)11/h7-8,14H,2-6H2,1H3. The number of unbranched alkanes of at least 4 members (excludes halogenated alkanes) is 1. The van der Waals surface area contributed by atoms with Crippen LogP contribution in [-0.4, -0.2) is 36.8 Å². The molecule has 0 radical (unpaired) electrons. The molecule has 0 aromatic carbocycles. The van der Waals surface area contributed by atoms with Crippen molar-refractivity contribution >= 4 is 0 Å². The van der Waals surface area contributed by atoms with E-state index in [1.54, 1.807) is 6.92 Å². The maximum Gasteiger partial charge on any atom is 0.330 e. The lowest BCUT2D eigenvalue weighted by molar-refractivity contribution is -0.166. The van der Waals surface area contributed by atoms with Gasteiger partial charge in [-0.1, -0.05) is 0 Å². The fourth-order valence-corrected chi connectivity index (χ4v) is 0.915. The first-order valence-electron chi connectivity index (χ1n) is 4.78. The summed E-state index contributed by atoms with van der Waals surface area (Å²) in [5.41, 5.74) is 0. The molecule has 0 aromatic heterocycles. The normalized spacial score (nSPS) is 14.6. The first-order valence-corrected chi connectivity index (χ1v) is 4.78. The minimum atomic E-state index is -4.07. The first-order chi connectivity index (χ1) is 6.86. The van der Waals surface area contributed by atoms with E-state index in [1.165, 1.54) is 0 Å². The number of halogens is 4. The van der Waals surface area contributed by atoms with Crippen LogP contribution in [0.3, 0.4) is 0 Å². The monoisotopic (exact) mass is 232 g/mol. The van der Waals surface area contributed by atoms with Gasteiger partial charge in [-0.15, -0.1) is 0 Å². The van der Waals surface area contributed by atoms with Gasteiger partial charge in [0.2, 0.25) is 0 Å². The van der Waals surface area contributed by atoms with Crippen LogP contribution >= 0.6 is 0 Å². The van der Waals surface area contributed by atoms with Crippen molar-refractivity contribution in [3.63, 3.8) is 0 Å². The Kier molecular flexibility index (Phi) is 6.84.